The van der Waals surface area contributed by atoms with Gasteiger partial charge in [-0.2, -0.15) is 0 Å². The van der Waals surface area contributed by atoms with Crippen LogP contribution in [0.4, 0.5) is 0 Å². The first kappa shape index (κ1) is 17.0. The van der Waals surface area contributed by atoms with Gasteiger partial charge in [-0.3, -0.25) is 0 Å². The smallest absolute Gasteiger partial charge is 0.425 e. The van der Waals surface area contributed by atoms with E-state index in [1.165, 1.54) is 55.2 Å². The van der Waals surface area contributed by atoms with E-state index in [4.69, 9.17) is 4.74 Å². The monoisotopic (exact) mass is 434 g/mol. The number of hydrogen-bond acceptors (Lipinski definition) is 1. The van der Waals surface area contributed by atoms with Crippen LogP contribution in [0.3, 0.4) is 0 Å². The van der Waals surface area contributed by atoms with Crippen LogP contribution in [0, 0.1) is 0 Å². The van der Waals surface area contributed by atoms with Crippen molar-refractivity contribution < 1.29 is 13.9 Å². The molecule has 1 spiro atoms. The molecule has 3 heteroatoms. The molecule has 0 amide bonds. The molecule has 3 aliphatic rings. The number of benzene rings is 4. The molecule has 0 radical (unpaired) electrons. The fraction of sp³-hybridized carbons (Fsp3) is 0.0323. The van der Waals surface area contributed by atoms with E-state index in [1.807, 2.05) is 0 Å². The van der Waals surface area contributed by atoms with Gasteiger partial charge in [0.1, 0.15) is 11.5 Å². The largest absolute Gasteiger partial charge is 0.455 e. The Labute approximate surface area is 195 Å². The Morgan fingerprint density at radius 1 is 0.588 bits per heavy atom. The highest BCUT2D eigenvalue weighted by atomic mass is 16.5. The normalized spacial score (nSPS) is 17.8. The van der Waals surface area contributed by atoms with Gasteiger partial charge in [-0.1, -0.05) is 42.5 Å². The lowest BCUT2D eigenvalue weighted by atomic mass is 9.85. The van der Waals surface area contributed by atoms with Gasteiger partial charge in [-0.15, -0.1) is 9.13 Å². The van der Waals surface area contributed by atoms with E-state index >= 15 is 0 Å². The predicted molar refractivity (Wildman–Crippen MR) is 131 cm³/mol. The van der Waals surface area contributed by atoms with Crippen molar-refractivity contribution in [1.29, 1.82) is 0 Å². The zero-order chi connectivity index (χ0) is 22.0. The molecule has 6 aromatic rings. The first-order valence-corrected chi connectivity index (χ1v) is 11.7. The molecule has 4 aromatic carbocycles. The molecule has 0 N–H and O–H groups in total. The van der Waals surface area contributed by atoms with E-state index in [1.54, 1.807) is 0 Å². The highest BCUT2D eigenvalue weighted by Gasteiger charge is 2.70. The van der Waals surface area contributed by atoms with Gasteiger partial charge in [0.2, 0.25) is 11.2 Å². The summed E-state index contributed by atoms with van der Waals surface area (Å²) in [6.07, 6.45) is 4.47. The fourth-order valence-corrected chi connectivity index (χ4v) is 6.64. The van der Waals surface area contributed by atoms with Crippen LogP contribution in [-0.2, 0) is 5.66 Å². The van der Waals surface area contributed by atoms with E-state index in [-0.39, 0.29) is 0 Å². The third-order valence-electron chi connectivity index (χ3n) is 7.86. The van der Waals surface area contributed by atoms with Gasteiger partial charge in [-0.05, 0) is 52.9 Å². The van der Waals surface area contributed by atoms with Gasteiger partial charge in [0, 0.05) is 23.6 Å². The minimum atomic E-state index is -0.493. The zero-order valence-electron chi connectivity index (χ0n) is 18.2. The molecule has 0 saturated carbocycles. The molecule has 3 aliphatic heterocycles. The maximum absolute atomic E-state index is 6.75. The van der Waals surface area contributed by atoms with Crippen molar-refractivity contribution in [3.05, 3.63) is 121 Å². The van der Waals surface area contributed by atoms with Crippen molar-refractivity contribution in [3.63, 3.8) is 0 Å². The van der Waals surface area contributed by atoms with Crippen LogP contribution in [0.15, 0.2) is 109 Å². The molecular formula is C31H18N2O+2. The second kappa shape index (κ2) is 5.52. The van der Waals surface area contributed by atoms with Crippen LogP contribution in [0.1, 0.15) is 11.1 Å². The third-order valence-corrected chi connectivity index (χ3v) is 7.86. The van der Waals surface area contributed by atoms with Crippen LogP contribution in [0.5, 0.6) is 11.5 Å². The molecule has 1 atom stereocenters. The quantitative estimate of drug-likeness (QED) is 0.231. The molecule has 2 aromatic heterocycles. The maximum atomic E-state index is 6.75. The molecule has 156 valence electrons. The number of rotatable bonds is 1. The van der Waals surface area contributed by atoms with Crippen LogP contribution < -0.4 is 13.9 Å². The second-order valence-corrected chi connectivity index (χ2v) is 9.41. The highest BCUT2D eigenvalue weighted by Crippen LogP contribution is 2.57. The standard InChI is InChI=1S/C31H18N2O/c1-2-7-19(8-3-1)22-17-23-24-10-4-5-15-32(24)31-28(23)26(18-22)34-25-14-13-20-11-12-21-9-6-16-33(31)30(21)27(20)29(25)31/h1-18H/q+2. The molecule has 9 rings (SSSR count). The Morgan fingerprint density at radius 3 is 2.35 bits per heavy atom. The average Bonchev–Trinajstić information content (AvgIpc) is 3.38. The van der Waals surface area contributed by atoms with Gasteiger partial charge >= 0.3 is 5.66 Å². The predicted octanol–water partition coefficient (Wildman–Crippen LogP) is 5.93. The first-order chi connectivity index (χ1) is 16.9. The Bertz CT molecular complexity index is 1890. The first-order valence-electron chi connectivity index (χ1n) is 11.7. The molecule has 0 aliphatic carbocycles. The lowest BCUT2D eigenvalue weighted by Gasteiger charge is -2.26. The van der Waals surface area contributed by atoms with Crippen LogP contribution in [0.2, 0.25) is 0 Å². The number of pyridine rings is 2. The Balaban J connectivity index is 1.53. The number of aromatic nitrogens is 2. The zero-order valence-corrected chi connectivity index (χ0v) is 18.2. The molecule has 5 heterocycles. The van der Waals surface area contributed by atoms with Gasteiger partial charge in [0.25, 0.3) is 0 Å². The summed E-state index contributed by atoms with van der Waals surface area (Å²) in [5.74, 6) is 1.88. The Morgan fingerprint density at radius 2 is 1.41 bits per heavy atom. The minimum Gasteiger partial charge on any atom is -0.455 e. The van der Waals surface area contributed by atoms with Crippen molar-refractivity contribution in [2.45, 2.75) is 5.66 Å². The number of ether oxygens (including phenoxy) is 1. The summed E-state index contributed by atoms with van der Waals surface area (Å²) < 4.78 is 11.7. The lowest BCUT2D eigenvalue weighted by Crippen LogP contribution is -2.71. The van der Waals surface area contributed by atoms with E-state index < -0.39 is 5.66 Å². The van der Waals surface area contributed by atoms with E-state index in [0.717, 1.165) is 11.5 Å². The SMILES string of the molecule is c1ccc(-c2cc3c4c(c2)-c2cccc[n+]2C42c4c(ccc5ccc6ccc[n+]2c6c45)O3)cc1. The molecule has 0 fully saturated rings. The summed E-state index contributed by atoms with van der Waals surface area (Å²) in [6.45, 7) is 0. The summed E-state index contributed by atoms with van der Waals surface area (Å²) in [4.78, 5) is 0. The maximum Gasteiger partial charge on any atom is 0.425 e. The number of hydrogen-bond donors (Lipinski definition) is 0. The minimum absolute atomic E-state index is 0.493. The van der Waals surface area contributed by atoms with Crippen LogP contribution in [0.25, 0.3) is 44.1 Å². The van der Waals surface area contributed by atoms with Crippen molar-refractivity contribution in [1.82, 2.24) is 0 Å². The molecule has 1 unspecified atom stereocenters. The van der Waals surface area contributed by atoms with E-state index in [9.17, 15) is 0 Å². The summed E-state index contributed by atoms with van der Waals surface area (Å²) in [6, 6.07) is 34.9. The Hall–Kier alpha value is -4.50. The number of fused-ring (bicyclic) bond motifs is 2. The fourth-order valence-electron chi connectivity index (χ4n) is 6.64. The third kappa shape index (κ3) is 1.70. The van der Waals surface area contributed by atoms with Gasteiger partial charge in [-0.25, -0.2) is 0 Å². The summed E-state index contributed by atoms with van der Waals surface area (Å²) in [5.41, 5.74) is 8.07. The molecule has 0 saturated heterocycles. The van der Waals surface area contributed by atoms with Crippen molar-refractivity contribution in [3.8, 4) is 33.9 Å². The average molecular weight is 434 g/mol. The van der Waals surface area contributed by atoms with Crippen LogP contribution >= 0.6 is 0 Å². The Kier molecular flexibility index (Phi) is 2.77. The molecular weight excluding hydrogens is 416 g/mol. The molecule has 0 bridgehead atoms. The van der Waals surface area contributed by atoms with Crippen molar-refractivity contribution in [2.24, 2.45) is 0 Å². The van der Waals surface area contributed by atoms with Gasteiger partial charge < -0.3 is 4.74 Å². The van der Waals surface area contributed by atoms with Crippen molar-refractivity contribution in [2.75, 3.05) is 0 Å². The topological polar surface area (TPSA) is 17.0 Å². The summed E-state index contributed by atoms with van der Waals surface area (Å²) >= 11 is 0. The van der Waals surface area contributed by atoms with E-state index in [2.05, 4.69) is 119 Å². The molecule has 3 nitrogen and oxygen atoms in total. The summed E-state index contributed by atoms with van der Waals surface area (Å²) in [7, 11) is 0. The van der Waals surface area contributed by atoms with E-state index in [0.29, 0.717) is 0 Å². The number of nitrogens with zero attached hydrogens (tertiary/aromatic N) is 2. The van der Waals surface area contributed by atoms with Gasteiger partial charge in [0.05, 0.1) is 10.9 Å². The highest BCUT2D eigenvalue weighted by molar-refractivity contribution is 6.09. The van der Waals surface area contributed by atoms with Gasteiger partial charge in [0.15, 0.2) is 23.5 Å². The van der Waals surface area contributed by atoms with Crippen LogP contribution in [-0.4, -0.2) is 0 Å². The summed E-state index contributed by atoms with van der Waals surface area (Å²) in [5, 5.41) is 3.80. The lowest BCUT2D eigenvalue weighted by molar-refractivity contribution is -0.950. The van der Waals surface area contributed by atoms with Crippen molar-refractivity contribution >= 4 is 21.7 Å². The second-order valence-electron chi connectivity index (χ2n) is 9.41. The molecule has 34 heavy (non-hydrogen) atoms.